The smallest absolute Gasteiger partial charge is 0.0620 e. The Hall–Kier alpha value is -1.90. The van der Waals surface area contributed by atoms with Gasteiger partial charge in [-0.2, -0.15) is 0 Å². The number of aromatic nitrogens is 1. The van der Waals surface area contributed by atoms with Gasteiger partial charge >= 0.3 is 0 Å². The molecule has 3 rings (SSSR count). The van der Waals surface area contributed by atoms with Gasteiger partial charge in [-0.1, -0.05) is 48.0 Å². The number of benzene rings is 2. The van der Waals surface area contributed by atoms with Gasteiger partial charge in [-0.25, -0.2) is 0 Å². The van der Waals surface area contributed by atoms with Crippen LogP contribution in [0.4, 0.5) is 0 Å². The SMILES string of the molecule is Clc1ccc2ccnc(CNCc3ccccc3)c2c1. The van der Waals surface area contributed by atoms with Gasteiger partial charge < -0.3 is 5.32 Å². The van der Waals surface area contributed by atoms with Crippen LogP contribution in [0.1, 0.15) is 11.3 Å². The molecule has 0 unspecified atom stereocenters. The summed E-state index contributed by atoms with van der Waals surface area (Å²) in [5.74, 6) is 0. The number of hydrogen-bond donors (Lipinski definition) is 1. The fraction of sp³-hybridized carbons (Fsp3) is 0.118. The summed E-state index contributed by atoms with van der Waals surface area (Å²) in [6.45, 7) is 1.56. The van der Waals surface area contributed by atoms with Crippen LogP contribution in [-0.4, -0.2) is 4.98 Å². The van der Waals surface area contributed by atoms with Crippen molar-refractivity contribution in [3.63, 3.8) is 0 Å². The zero-order chi connectivity index (χ0) is 13.8. The fourth-order valence-corrected chi connectivity index (χ4v) is 2.43. The van der Waals surface area contributed by atoms with Gasteiger partial charge in [0, 0.05) is 29.7 Å². The second-order valence-corrected chi connectivity index (χ2v) is 5.15. The average molecular weight is 283 g/mol. The van der Waals surface area contributed by atoms with Gasteiger partial charge in [0.2, 0.25) is 0 Å². The lowest BCUT2D eigenvalue weighted by atomic mass is 10.1. The van der Waals surface area contributed by atoms with Crippen molar-refractivity contribution < 1.29 is 0 Å². The van der Waals surface area contributed by atoms with E-state index in [9.17, 15) is 0 Å². The molecule has 0 aliphatic rings. The van der Waals surface area contributed by atoms with Gasteiger partial charge in [-0.3, -0.25) is 4.98 Å². The van der Waals surface area contributed by atoms with Gasteiger partial charge in [0.25, 0.3) is 0 Å². The number of halogens is 1. The number of hydrogen-bond acceptors (Lipinski definition) is 2. The van der Waals surface area contributed by atoms with E-state index in [1.165, 1.54) is 10.9 Å². The van der Waals surface area contributed by atoms with E-state index in [1.807, 2.05) is 48.7 Å². The highest BCUT2D eigenvalue weighted by atomic mass is 35.5. The quantitative estimate of drug-likeness (QED) is 0.776. The molecule has 20 heavy (non-hydrogen) atoms. The van der Waals surface area contributed by atoms with Crippen LogP contribution in [-0.2, 0) is 13.1 Å². The summed E-state index contributed by atoms with van der Waals surface area (Å²) in [7, 11) is 0. The Morgan fingerprint density at radius 3 is 2.65 bits per heavy atom. The van der Waals surface area contributed by atoms with Crippen molar-refractivity contribution in [2.45, 2.75) is 13.1 Å². The number of rotatable bonds is 4. The molecule has 0 aliphatic heterocycles. The largest absolute Gasteiger partial charge is 0.307 e. The van der Waals surface area contributed by atoms with Crippen LogP contribution in [0.15, 0.2) is 60.8 Å². The number of nitrogens with one attached hydrogen (secondary N) is 1. The zero-order valence-corrected chi connectivity index (χ0v) is 11.8. The summed E-state index contributed by atoms with van der Waals surface area (Å²) in [6, 6.07) is 18.3. The maximum atomic E-state index is 6.07. The Balaban J connectivity index is 1.76. The lowest BCUT2D eigenvalue weighted by Crippen LogP contribution is -2.13. The molecule has 0 saturated carbocycles. The van der Waals surface area contributed by atoms with Gasteiger partial charge in [0.1, 0.15) is 0 Å². The first-order chi connectivity index (χ1) is 9.83. The minimum absolute atomic E-state index is 0.729. The van der Waals surface area contributed by atoms with Crippen molar-refractivity contribution in [3.8, 4) is 0 Å². The third-order valence-electron chi connectivity index (χ3n) is 3.28. The van der Waals surface area contributed by atoms with Crippen LogP contribution in [0, 0.1) is 0 Å². The van der Waals surface area contributed by atoms with Gasteiger partial charge in [0.05, 0.1) is 5.69 Å². The standard InChI is InChI=1S/C17H15ClN2/c18-15-7-6-14-8-9-20-17(16(14)10-15)12-19-11-13-4-2-1-3-5-13/h1-10,19H,11-12H2. The van der Waals surface area contributed by atoms with Crippen LogP contribution in [0.25, 0.3) is 10.8 Å². The molecular formula is C17H15ClN2. The molecule has 2 nitrogen and oxygen atoms in total. The second kappa shape index (κ2) is 6.04. The highest BCUT2D eigenvalue weighted by Gasteiger charge is 2.03. The third kappa shape index (κ3) is 2.98. The summed E-state index contributed by atoms with van der Waals surface area (Å²) in [6.07, 6.45) is 1.84. The molecule has 3 aromatic rings. The molecule has 0 radical (unpaired) electrons. The van der Waals surface area contributed by atoms with Crippen molar-refractivity contribution >= 4 is 22.4 Å². The molecule has 2 aromatic carbocycles. The lowest BCUT2D eigenvalue weighted by molar-refractivity contribution is 0.684. The molecule has 0 aliphatic carbocycles. The molecule has 0 atom stereocenters. The van der Waals surface area contributed by atoms with Crippen LogP contribution in [0.3, 0.4) is 0 Å². The predicted molar refractivity (Wildman–Crippen MR) is 83.7 cm³/mol. The molecule has 1 heterocycles. The lowest BCUT2D eigenvalue weighted by Gasteiger charge is -2.08. The van der Waals surface area contributed by atoms with E-state index < -0.39 is 0 Å². The molecule has 1 N–H and O–H groups in total. The topological polar surface area (TPSA) is 24.9 Å². The van der Waals surface area contributed by atoms with Crippen molar-refractivity contribution in [2.24, 2.45) is 0 Å². The molecule has 0 spiro atoms. The molecule has 0 bridgehead atoms. The Bertz CT molecular complexity index is 711. The monoisotopic (exact) mass is 282 g/mol. The molecule has 3 heteroatoms. The summed E-state index contributed by atoms with van der Waals surface area (Å²) in [4.78, 5) is 4.46. The predicted octanol–water partition coefficient (Wildman–Crippen LogP) is 4.18. The van der Waals surface area contributed by atoms with Gasteiger partial charge in [-0.05, 0) is 29.1 Å². The van der Waals surface area contributed by atoms with Crippen LogP contribution < -0.4 is 5.32 Å². The van der Waals surface area contributed by atoms with Crippen molar-refractivity contribution in [3.05, 3.63) is 77.1 Å². The summed E-state index contributed by atoms with van der Waals surface area (Å²) < 4.78 is 0. The molecule has 0 fully saturated rings. The Kier molecular flexibility index (Phi) is 3.95. The highest BCUT2D eigenvalue weighted by Crippen LogP contribution is 2.21. The summed E-state index contributed by atoms with van der Waals surface area (Å²) in [5.41, 5.74) is 2.30. The maximum absolute atomic E-state index is 6.07. The molecule has 0 saturated heterocycles. The van der Waals surface area contributed by atoms with E-state index in [2.05, 4.69) is 22.4 Å². The first kappa shape index (κ1) is 13.1. The second-order valence-electron chi connectivity index (χ2n) is 4.71. The van der Waals surface area contributed by atoms with Crippen molar-refractivity contribution in [1.29, 1.82) is 0 Å². The minimum atomic E-state index is 0.729. The maximum Gasteiger partial charge on any atom is 0.0620 e. The molecule has 0 amide bonds. The van der Waals surface area contributed by atoms with E-state index >= 15 is 0 Å². The Labute approximate surface area is 123 Å². The first-order valence-electron chi connectivity index (χ1n) is 6.61. The molecule has 1 aromatic heterocycles. The van der Waals surface area contributed by atoms with E-state index in [1.54, 1.807) is 0 Å². The summed E-state index contributed by atoms with van der Waals surface area (Å²) >= 11 is 6.07. The molecular weight excluding hydrogens is 268 g/mol. The van der Waals surface area contributed by atoms with Crippen molar-refractivity contribution in [2.75, 3.05) is 0 Å². The first-order valence-corrected chi connectivity index (χ1v) is 6.98. The number of nitrogens with zero attached hydrogens (tertiary/aromatic N) is 1. The van der Waals surface area contributed by atoms with E-state index in [4.69, 9.17) is 11.6 Å². The Morgan fingerprint density at radius 1 is 0.950 bits per heavy atom. The fourth-order valence-electron chi connectivity index (χ4n) is 2.26. The summed E-state index contributed by atoms with van der Waals surface area (Å²) in [5, 5.41) is 6.45. The van der Waals surface area contributed by atoms with Crippen LogP contribution in [0.5, 0.6) is 0 Å². The van der Waals surface area contributed by atoms with E-state index in [0.717, 1.165) is 29.2 Å². The Morgan fingerprint density at radius 2 is 1.80 bits per heavy atom. The highest BCUT2D eigenvalue weighted by molar-refractivity contribution is 6.31. The average Bonchev–Trinajstić information content (AvgIpc) is 2.49. The van der Waals surface area contributed by atoms with Crippen LogP contribution in [0.2, 0.25) is 5.02 Å². The van der Waals surface area contributed by atoms with Crippen molar-refractivity contribution in [1.82, 2.24) is 10.3 Å². The normalized spacial score (nSPS) is 10.8. The molecule has 100 valence electrons. The third-order valence-corrected chi connectivity index (χ3v) is 3.51. The van der Waals surface area contributed by atoms with Crippen LogP contribution >= 0.6 is 11.6 Å². The van der Waals surface area contributed by atoms with E-state index in [-0.39, 0.29) is 0 Å². The zero-order valence-electron chi connectivity index (χ0n) is 11.0. The number of pyridine rings is 1. The minimum Gasteiger partial charge on any atom is -0.307 e. The van der Waals surface area contributed by atoms with Gasteiger partial charge in [0.15, 0.2) is 0 Å². The van der Waals surface area contributed by atoms with E-state index in [0.29, 0.717) is 0 Å². The van der Waals surface area contributed by atoms with Gasteiger partial charge in [-0.15, -0.1) is 0 Å². The number of fused-ring (bicyclic) bond motifs is 1.